The normalized spacial score (nSPS) is 13.9. The summed E-state index contributed by atoms with van der Waals surface area (Å²) in [5.41, 5.74) is 13.2. The SMILES string of the molecule is CCN(CC)Cc1ccc2cc(C3=CNNC(c4ccncc4)=C3)[nH]c2c1. The van der Waals surface area contributed by atoms with Gasteiger partial charge >= 0.3 is 0 Å². The second-order valence-electron chi connectivity index (χ2n) is 6.73. The third kappa shape index (κ3) is 3.73. The number of hydrogen-bond donors (Lipinski definition) is 3. The van der Waals surface area contributed by atoms with E-state index < -0.39 is 0 Å². The Morgan fingerprint density at radius 3 is 2.59 bits per heavy atom. The van der Waals surface area contributed by atoms with Crippen LogP contribution < -0.4 is 10.9 Å². The third-order valence-corrected chi connectivity index (χ3v) is 5.02. The molecule has 0 saturated heterocycles. The van der Waals surface area contributed by atoms with Gasteiger partial charge in [-0.15, -0.1) is 0 Å². The van der Waals surface area contributed by atoms with Gasteiger partial charge in [0.2, 0.25) is 0 Å². The first-order valence-corrected chi connectivity index (χ1v) is 9.45. The van der Waals surface area contributed by atoms with Crippen molar-refractivity contribution >= 4 is 22.2 Å². The maximum Gasteiger partial charge on any atom is 0.0620 e. The van der Waals surface area contributed by atoms with Crippen molar-refractivity contribution in [3.05, 3.63) is 77.9 Å². The Morgan fingerprint density at radius 1 is 1.00 bits per heavy atom. The lowest BCUT2D eigenvalue weighted by Gasteiger charge is -2.17. The minimum atomic E-state index is 0.984. The van der Waals surface area contributed by atoms with E-state index in [2.05, 4.69) is 69.9 Å². The zero-order valence-corrected chi connectivity index (χ0v) is 15.8. The number of hydrogen-bond acceptors (Lipinski definition) is 4. The molecule has 0 spiro atoms. The highest BCUT2D eigenvalue weighted by Crippen LogP contribution is 2.26. The molecule has 0 unspecified atom stereocenters. The number of nitrogens with zero attached hydrogens (tertiary/aromatic N) is 2. The molecule has 0 amide bonds. The summed E-state index contributed by atoms with van der Waals surface area (Å²) in [7, 11) is 0. The minimum Gasteiger partial charge on any atom is -0.354 e. The van der Waals surface area contributed by atoms with Gasteiger partial charge in [0.05, 0.1) is 5.70 Å². The second kappa shape index (κ2) is 7.68. The molecular weight excluding hydrogens is 334 g/mol. The van der Waals surface area contributed by atoms with Crippen LogP contribution in [-0.2, 0) is 6.54 Å². The molecule has 1 aromatic carbocycles. The number of H-pyrrole nitrogens is 1. The number of nitrogens with one attached hydrogen (secondary N) is 3. The van der Waals surface area contributed by atoms with Crippen molar-refractivity contribution in [3.8, 4) is 0 Å². The molecule has 27 heavy (non-hydrogen) atoms. The number of aromatic amines is 1. The Hall–Kier alpha value is -3.05. The van der Waals surface area contributed by atoms with E-state index in [-0.39, 0.29) is 0 Å². The van der Waals surface area contributed by atoms with Gasteiger partial charge in [0.1, 0.15) is 0 Å². The zero-order chi connectivity index (χ0) is 18.6. The zero-order valence-electron chi connectivity index (χ0n) is 15.8. The average molecular weight is 359 g/mol. The quantitative estimate of drug-likeness (QED) is 0.625. The lowest BCUT2D eigenvalue weighted by Crippen LogP contribution is -2.28. The van der Waals surface area contributed by atoms with Gasteiger partial charge in [-0.3, -0.25) is 9.88 Å². The third-order valence-electron chi connectivity index (χ3n) is 5.02. The van der Waals surface area contributed by atoms with Crippen LogP contribution in [0.3, 0.4) is 0 Å². The lowest BCUT2D eigenvalue weighted by atomic mass is 10.1. The van der Waals surface area contributed by atoms with Crippen molar-refractivity contribution in [1.82, 2.24) is 25.7 Å². The van der Waals surface area contributed by atoms with Crippen LogP contribution in [0.25, 0.3) is 22.2 Å². The molecule has 3 heterocycles. The van der Waals surface area contributed by atoms with Gasteiger partial charge in [-0.1, -0.05) is 26.0 Å². The molecule has 0 saturated carbocycles. The Morgan fingerprint density at radius 2 is 1.81 bits per heavy atom. The van der Waals surface area contributed by atoms with Crippen molar-refractivity contribution in [2.75, 3.05) is 13.1 Å². The summed E-state index contributed by atoms with van der Waals surface area (Å²) < 4.78 is 0. The highest BCUT2D eigenvalue weighted by atomic mass is 15.4. The molecule has 3 N–H and O–H groups in total. The van der Waals surface area contributed by atoms with E-state index >= 15 is 0 Å². The molecule has 1 aliphatic rings. The first kappa shape index (κ1) is 17.4. The van der Waals surface area contributed by atoms with Gasteiger partial charge in [-0.25, -0.2) is 0 Å². The summed E-state index contributed by atoms with van der Waals surface area (Å²) in [5.74, 6) is 0. The van der Waals surface area contributed by atoms with Crippen molar-refractivity contribution in [3.63, 3.8) is 0 Å². The predicted octanol–water partition coefficient (Wildman–Crippen LogP) is 3.89. The molecular formula is C22H25N5. The summed E-state index contributed by atoms with van der Waals surface area (Å²) in [5, 5.41) is 1.23. The van der Waals surface area contributed by atoms with Crippen LogP contribution in [0.2, 0.25) is 0 Å². The van der Waals surface area contributed by atoms with Gasteiger partial charge in [-0.05, 0) is 49.0 Å². The monoisotopic (exact) mass is 359 g/mol. The smallest absolute Gasteiger partial charge is 0.0620 e. The van der Waals surface area contributed by atoms with Crippen molar-refractivity contribution in [1.29, 1.82) is 0 Å². The van der Waals surface area contributed by atoms with Gasteiger partial charge in [0.15, 0.2) is 0 Å². The highest BCUT2D eigenvalue weighted by Gasteiger charge is 2.11. The summed E-state index contributed by atoms with van der Waals surface area (Å²) in [4.78, 5) is 10.1. The molecule has 138 valence electrons. The standard InChI is InChI=1S/C22H25N5/c1-3-27(4-2)15-16-5-6-18-12-21(25-20(18)11-16)19-13-22(26-24-14-19)17-7-9-23-10-8-17/h5-14,24-26H,3-4,15H2,1-2H3. The number of fused-ring (bicyclic) bond motifs is 1. The average Bonchev–Trinajstić information content (AvgIpc) is 3.16. The van der Waals surface area contributed by atoms with E-state index in [0.717, 1.165) is 42.2 Å². The van der Waals surface area contributed by atoms with Crippen LogP contribution in [0.4, 0.5) is 0 Å². The summed E-state index contributed by atoms with van der Waals surface area (Å²) in [6, 6.07) is 12.9. The molecule has 0 radical (unpaired) electrons. The number of aromatic nitrogens is 2. The van der Waals surface area contributed by atoms with Crippen molar-refractivity contribution < 1.29 is 0 Å². The van der Waals surface area contributed by atoms with Gasteiger partial charge < -0.3 is 15.8 Å². The number of hydrazine groups is 1. The minimum absolute atomic E-state index is 0.984. The fourth-order valence-corrected chi connectivity index (χ4v) is 3.40. The summed E-state index contributed by atoms with van der Waals surface area (Å²) >= 11 is 0. The summed E-state index contributed by atoms with van der Waals surface area (Å²) in [6.45, 7) is 7.53. The van der Waals surface area contributed by atoms with E-state index in [4.69, 9.17) is 0 Å². The van der Waals surface area contributed by atoms with Crippen LogP contribution >= 0.6 is 0 Å². The molecule has 5 heteroatoms. The predicted molar refractivity (Wildman–Crippen MR) is 111 cm³/mol. The summed E-state index contributed by atoms with van der Waals surface area (Å²) in [6.07, 6.45) is 7.73. The molecule has 2 aromatic heterocycles. The van der Waals surface area contributed by atoms with Gasteiger partial charge in [-0.2, -0.15) is 0 Å². The van der Waals surface area contributed by atoms with Gasteiger partial charge in [0, 0.05) is 52.9 Å². The molecule has 4 rings (SSSR count). The molecule has 0 bridgehead atoms. The first-order chi connectivity index (χ1) is 13.3. The fraction of sp³-hybridized carbons (Fsp3) is 0.227. The first-order valence-electron chi connectivity index (χ1n) is 9.45. The van der Waals surface area contributed by atoms with Crippen molar-refractivity contribution in [2.24, 2.45) is 0 Å². The van der Waals surface area contributed by atoms with E-state index in [1.54, 1.807) is 12.4 Å². The molecule has 3 aromatic rings. The van der Waals surface area contributed by atoms with Crippen LogP contribution in [0.15, 0.2) is 61.1 Å². The molecule has 0 aliphatic carbocycles. The second-order valence-corrected chi connectivity index (χ2v) is 6.73. The Labute approximate surface area is 159 Å². The highest BCUT2D eigenvalue weighted by molar-refractivity contribution is 5.90. The van der Waals surface area contributed by atoms with E-state index in [9.17, 15) is 0 Å². The van der Waals surface area contributed by atoms with E-state index in [1.165, 1.54) is 16.5 Å². The Bertz CT molecular complexity index is 980. The topological polar surface area (TPSA) is 56.0 Å². The molecule has 5 nitrogen and oxygen atoms in total. The van der Waals surface area contributed by atoms with E-state index in [0.29, 0.717) is 0 Å². The van der Waals surface area contributed by atoms with Crippen LogP contribution in [0, 0.1) is 0 Å². The number of allylic oxidation sites excluding steroid dienone is 2. The van der Waals surface area contributed by atoms with Gasteiger partial charge in [0.25, 0.3) is 0 Å². The molecule has 1 aliphatic heterocycles. The Balaban J connectivity index is 1.62. The number of pyridine rings is 1. The number of benzene rings is 1. The maximum atomic E-state index is 4.09. The lowest BCUT2D eigenvalue weighted by molar-refractivity contribution is 0.296. The Kier molecular flexibility index (Phi) is 4.94. The molecule has 0 atom stereocenters. The maximum absolute atomic E-state index is 4.09. The van der Waals surface area contributed by atoms with Crippen LogP contribution in [0.5, 0.6) is 0 Å². The van der Waals surface area contributed by atoms with Crippen molar-refractivity contribution in [2.45, 2.75) is 20.4 Å². The van der Waals surface area contributed by atoms with Crippen LogP contribution in [-0.4, -0.2) is 28.0 Å². The largest absolute Gasteiger partial charge is 0.354 e. The fourth-order valence-electron chi connectivity index (χ4n) is 3.40. The van der Waals surface area contributed by atoms with E-state index in [1.807, 2.05) is 18.3 Å². The van der Waals surface area contributed by atoms with Crippen LogP contribution in [0.1, 0.15) is 30.7 Å². The molecule has 0 fully saturated rings. The number of rotatable bonds is 6.